The van der Waals surface area contributed by atoms with Crippen molar-refractivity contribution in [2.45, 2.75) is 30.7 Å². The van der Waals surface area contributed by atoms with Crippen molar-refractivity contribution in [1.82, 2.24) is 10.6 Å². The molecule has 0 bridgehead atoms. The molecule has 2 atom stereocenters. The molecule has 0 spiro atoms. The second-order valence-corrected chi connectivity index (χ2v) is 5.29. The van der Waals surface area contributed by atoms with Crippen LogP contribution in [-0.2, 0) is 14.3 Å². The third-order valence-electron chi connectivity index (χ3n) is 2.70. The molecule has 1 fully saturated rings. The molecule has 0 aromatic rings. The minimum absolute atomic E-state index is 0.152. The topological polar surface area (TPSA) is 93.4 Å². The number of methoxy groups -OCH3 is 1. The number of nitrogens with one attached hydrogen (secondary N) is 2. The highest BCUT2D eigenvalue weighted by molar-refractivity contribution is 8.00. The Bertz CT molecular complexity index is 283. The van der Waals surface area contributed by atoms with E-state index in [1.807, 2.05) is 0 Å². The van der Waals surface area contributed by atoms with Gasteiger partial charge in [-0.2, -0.15) is 0 Å². The monoisotopic (exact) mass is 275 g/mol. The van der Waals surface area contributed by atoms with Crippen molar-refractivity contribution >= 4 is 23.6 Å². The molecule has 0 aliphatic carbocycles. The van der Waals surface area contributed by atoms with Gasteiger partial charge in [-0.1, -0.05) is 0 Å². The van der Waals surface area contributed by atoms with Gasteiger partial charge >= 0.3 is 5.97 Å². The molecule has 1 unspecified atom stereocenters. The average molecular weight is 275 g/mol. The van der Waals surface area contributed by atoms with E-state index in [2.05, 4.69) is 10.6 Å². The van der Waals surface area contributed by atoms with Gasteiger partial charge in [-0.05, 0) is 25.8 Å². The SMILES string of the molecule is COC(=O)[C@H](CCCCN)NC(=O)C1NCCS1. The first-order chi connectivity index (χ1) is 8.69. The lowest BCUT2D eigenvalue weighted by Crippen LogP contribution is -2.47. The predicted molar refractivity (Wildman–Crippen MR) is 71.1 cm³/mol. The molecule has 1 amide bonds. The lowest BCUT2D eigenvalue weighted by Gasteiger charge is -2.18. The number of unbranched alkanes of at least 4 members (excludes halogenated alkanes) is 1. The summed E-state index contributed by atoms with van der Waals surface area (Å²) >= 11 is 1.54. The zero-order chi connectivity index (χ0) is 13.4. The number of rotatable bonds is 7. The maximum atomic E-state index is 11.9. The molecule has 0 saturated carbocycles. The molecule has 1 saturated heterocycles. The van der Waals surface area contributed by atoms with Crippen LogP contribution in [0.5, 0.6) is 0 Å². The standard InChI is InChI=1S/C11H21N3O3S/c1-17-11(16)8(4-2-3-5-12)14-9(15)10-13-6-7-18-10/h8,10,13H,2-7,12H2,1H3,(H,14,15)/t8-,10?/m0/s1. The van der Waals surface area contributed by atoms with Crippen LogP contribution in [0.3, 0.4) is 0 Å². The molecule has 6 nitrogen and oxygen atoms in total. The second-order valence-electron chi connectivity index (χ2n) is 4.07. The summed E-state index contributed by atoms with van der Waals surface area (Å²) in [7, 11) is 1.33. The fourth-order valence-corrected chi connectivity index (χ4v) is 2.65. The number of carbonyl (C=O) groups excluding carboxylic acids is 2. The van der Waals surface area contributed by atoms with Gasteiger partial charge in [0.1, 0.15) is 11.4 Å². The normalized spacial score (nSPS) is 20.4. The average Bonchev–Trinajstić information content (AvgIpc) is 2.90. The number of amides is 1. The third kappa shape index (κ3) is 4.83. The minimum atomic E-state index is -0.572. The first-order valence-corrected chi connectivity index (χ1v) is 7.17. The highest BCUT2D eigenvalue weighted by Crippen LogP contribution is 2.14. The number of hydrogen-bond donors (Lipinski definition) is 3. The van der Waals surface area contributed by atoms with Crippen LogP contribution in [0, 0.1) is 0 Å². The third-order valence-corrected chi connectivity index (χ3v) is 3.86. The van der Waals surface area contributed by atoms with E-state index >= 15 is 0 Å². The van der Waals surface area contributed by atoms with Crippen molar-refractivity contribution in [3.63, 3.8) is 0 Å². The van der Waals surface area contributed by atoms with E-state index in [-0.39, 0.29) is 11.3 Å². The van der Waals surface area contributed by atoms with Crippen LogP contribution < -0.4 is 16.4 Å². The van der Waals surface area contributed by atoms with Gasteiger partial charge in [0.2, 0.25) is 5.91 Å². The van der Waals surface area contributed by atoms with Crippen LogP contribution in [0.25, 0.3) is 0 Å². The van der Waals surface area contributed by atoms with Crippen molar-refractivity contribution in [3.05, 3.63) is 0 Å². The zero-order valence-electron chi connectivity index (χ0n) is 10.6. The summed E-state index contributed by atoms with van der Waals surface area (Å²) in [4.78, 5) is 23.4. The van der Waals surface area contributed by atoms with E-state index in [4.69, 9.17) is 10.5 Å². The Morgan fingerprint density at radius 1 is 1.56 bits per heavy atom. The van der Waals surface area contributed by atoms with Gasteiger partial charge in [-0.25, -0.2) is 4.79 Å². The molecule has 4 N–H and O–H groups in total. The van der Waals surface area contributed by atoms with Gasteiger partial charge in [0.25, 0.3) is 0 Å². The van der Waals surface area contributed by atoms with Crippen LogP contribution in [0.15, 0.2) is 0 Å². The molecular formula is C11H21N3O3S. The van der Waals surface area contributed by atoms with Crippen LogP contribution in [0.4, 0.5) is 0 Å². The Kier molecular flexibility index (Phi) is 7.07. The smallest absolute Gasteiger partial charge is 0.328 e. The fourth-order valence-electron chi connectivity index (χ4n) is 1.73. The van der Waals surface area contributed by atoms with E-state index < -0.39 is 12.0 Å². The molecule has 0 aromatic heterocycles. The number of carbonyl (C=O) groups is 2. The predicted octanol–water partition coefficient (Wildman–Crippen LogP) is -0.564. The van der Waals surface area contributed by atoms with Gasteiger partial charge in [-0.15, -0.1) is 11.8 Å². The molecule has 0 radical (unpaired) electrons. The zero-order valence-corrected chi connectivity index (χ0v) is 11.4. The number of hydrogen-bond acceptors (Lipinski definition) is 6. The summed E-state index contributed by atoms with van der Waals surface area (Å²) < 4.78 is 4.69. The highest BCUT2D eigenvalue weighted by Gasteiger charge is 2.27. The van der Waals surface area contributed by atoms with E-state index in [0.717, 1.165) is 25.1 Å². The molecule has 0 aromatic carbocycles. The van der Waals surface area contributed by atoms with Gasteiger partial charge in [0.15, 0.2) is 0 Å². The van der Waals surface area contributed by atoms with Crippen molar-refractivity contribution in [1.29, 1.82) is 0 Å². The minimum Gasteiger partial charge on any atom is -0.467 e. The van der Waals surface area contributed by atoms with Crippen molar-refractivity contribution in [2.75, 3.05) is 26.0 Å². The summed E-state index contributed by atoms with van der Waals surface area (Å²) in [6, 6.07) is -0.572. The van der Waals surface area contributed by atoms with Gasteiger partial charge < -0.3 is 15.8 Å². The number of nitrogens with two attached hydrogens (primary N) is 1. The van der Waals surface area contributed by atoms with Crippen LogP contribution in [0.2, 0.25) is 0 Å². The van der Waals surface area contributed by atoms with Crippen LogP contribution in [-0.4, -0.2) is 49.2 Å². The lowest BCUT2D eigenvalue weighted by molar-refractivity contribution is -0.145. The summed E-state index contributed by atoms with van der Waals surface area (Å²) in [6.07, 6.45) is 2.19. The Morgan fingerprint density at radius 2 is 2.33 bits per heavy atom. The quantitative estimate of drug-likeness (QED) is 0.426. The van der Waals surface area contributed by atoms with Crippen molar-refractivity contribution in [2.24, 2.45) is 5.73 Å². The van der Waals surface area contributed by atoms with Crippen molar-refractivity contribution in [3.8, 4) is 0 Å². The maximum absolute atomic E-state index is 11.9. The molecule has 7 heteroatoms. The largest absolute Gasteiger partial charge is 0.467 e. The van der Waals surface area contributed by atoms with Gasteiger partial charge in [-0.3, -0.25) is 10.1 Å². The Hall–Kier alpha value is -0.790. The number of ether oxygens (including phenoxy) is 1. The molecule has 1 aliphatic heterocycles. The van der Waals surface area contributed by atoms with Gasteiger partial charge in [0, 0.05) is 12.3 Å². The van der Waals surface area contributed by atoms with Crippen LogP contribution in [0.1, 0.15) is 19.3 Å². The Morgan fingerprint density at radius 3 is 2.89 bits per heavy atom. The summed E-state index contributed by atoms with van der Waals surface area (Å²) in [5, 5.41) is 5.54. The van der Waals surface area contributed by atoms with Crippen molar-refractivity contribution < 1.29 is 14.3 Å². The summed E-state index contributed by atoms with van der Waals surface area (Å²) in [5.41, 5.74) is 5.41. The van der Waals surface area contributed by atoms with E-state index in [1.165, 1.54) is 7.11 Å². The van der Waals surface area contributed by atoms with E-state index in [9.17, 15) is 9.59 Å². The summed E-state index contributed by atoms with van der Waals surface area (Å²) in [5.74, 6) is 0.359. The van der Waals surface area contributed by atoms with Gasteiger partial charge in [0.05, 0.1) is 7.11 Å². The second kappa shape index (κ2) is 8.34. The highest BCUT2D eigenvalue weighted by atomic mass is 32.2. The van der Waals surface area contributed by atoms with E-state index in [0.29, 0.717) is 13.0 Å². The maximum Gasteiger partial charge on any atom is 0.328 e. The molecule has 1 heterocycles. The molecule has 104 valence electrons. The lowest BCUT2D eigenvalue weighted by atomic mass is 10.1. The molecule has 18 heavy (non-hydrogen) atoms. The fraction of sp³-hybridized carbons (Fsp3) is 0.818. The first-order valence-electron chi connectivity index (χ1n) is 6.12. The molecular weight excluding hydrogens is 254 g/mol. The summed E-state index contributed by atoms with van der Waals surface area (Å²) in [6.45, 7) is 1.40. The first kappa shape index (κ1) is 15.3. The van der Waals surface area contributed by atoms with E-state index in [1.54, 1.807) is 11.8 Å². The Balaban J connectivity index is 2.43. The van der Waals surface area contributed by atoms with Crippen LogP contribution >= 0.6 is 11.8 Å². The number of thioether (sulfide) groups is 1. The Labute approximate surface area is 111 Å². The number of esters is 1. The molecule has 1 rings (SSSR count). The molecule has 1 aliphatic rings.